The molecule has 0 aromatic carbocycles. The van der Waals surface area contributed by atoms with E-state index in [1.54, 1.807) is 19.9 Å². The number of aryl methyl sites for hydroxylation is 1. The summed E-state index contributed by atoms with van der Waals surface area (Å²) in [6, 6.07) is 1.72. The van der Waals surface area contributed by atoms with Crippen LogP contribution < -0.4 is 11.1 Å². The number of carbonyl (C=O) groups is 2. The number of primary amides is 1. The van der Waals surface area contributed by atoms with E-state index in [2.05, 4.69) is 17.2 Å². The molecule has 1 aromatic rings. The molecule has 20 heavy (non-hydrogen) atoms. The number of aliphatic hydroxyl groups is 1. The molecule has 6 heteroatoms. The fourth-order valence-electron chi connectivity index (χ4n) is 1.32. The molecule has 2 amide bonds. The summed E-state index contributed by atoms with van der Waals surface area (Å²) in [5, 5.41) is 11.3. The number of amides is 2. The minimum atomic E-state index is -1.10. The number of thiophene rings is 1. The topological polar surface area (TPSA) is 92.4 Å². The Hall–Kier alpha value is -1.84. The van der Waals surface area contributed by atoms with Gasteiger partial charge in [-0.05, 0) is 32.4 Å². The SMILES string of the molecule is Cc1cc(C(=O)NC(C)(C)C(N)=O)sc1C#CCCO. The molecule has 0 saturated heterocycles. The fourth-order valence-corrected chi connectivity index (χ4v) is 2.27. The van der Waals surface area contributed by atoms with Crippen molar-refractivity contribution >= 4 is 23.2 Å². The van der Waals surface area contributed by atoms with Crippen molar-refractivity contribution < 1.29 is 14.7 Å². The predicted octanol–water partition coefficient (Wildman–Crippen LogP) is 0.784. The van der Waals surface area contributed by atoms with Crippen LogP contribution in [0.15, 0.2) is 6.07 Å². The van der Waals surface area contributed by atoms with E-state index in [1.165, 1.54) is 11.3 Å². The van der Waals surface area contributed by atoms with Crippen molar-refractivity contribution in [2.24, 2.45) is 5.73 Å². The van der Waals surface area contributed by atoms with Crippen molar-refractivity contribution in [1.82, 2.24) is 5.32 Å². The molecule has 0 atom stereocenters. The predicted molar refractivity (Wildman–Crippen MR) is 78.4 cm³/mol. The second-order valence-electron chi connectivity index (χ2n) is 4.84. The molecule has 0 bridgehead atoms. The van der Waals surface area contributed by atoms with E-state index in [9.17, 15) is 9.59 Å². The largest absolute Gasteiger partial charge is 0.395 e. The van der Waals surface area contributed by atoms with Crippen LogP contribution in [0.25, 0.3) is 0 Å². The molecular weight excluding hydrogens is 276 g/mol. The van der Waals surface area contributed by atoms with Gasteiger partial charge < -0.3 is 16.2 Å². The highest BCUT2D eigenvalue weighted by molar-refractivity contribution is 7.14. The first kappa shape index (κ1) is 16.2. The first-order valence-corrected chi connectivity index (χ1v) is 6.92. The molecule has 0 spiro atoms. The maximum absolute atomic E-state index is 12.1. The van der Waals surface area contributed by atoms with Crippen molar-refractivity contribution in [3.63, 3.8) is 0 Å². The molecule has 0 aliphatic heterocycles. The van der Waals surface area contributed by atoms with Crippen LogP contribution in [-0.2, 0) is 4.79 Å². The van der Waals surface area contributed by atoms with Gasteiger partial charge in [-0.1, -0.05) is 11.8 Å². The molecule has 1 aromatic heterocycles. The Labute approximate surface area is 122 Å². The average Bonchev–Trinajstić information content (AvgIpc) is 2.71. The molecule has 0 radical (unpaired) electrons. The molecule has 0 fully saturated rings. The minimum Gasteiger partial charge on any atom is -0.395 e. The van der Waals surface area contributed by atoms with E-state index in [-0.39, 0.29) is 12.5 Å². The third-order valence-electron chi connectivity index (χ3n) is 2.62. The van der Waals surface area contributed by atoms with Gasteiger partial charge in [-0.2, -0.15) is 0 Å². The van der Waals surface area contributed by atoms with Gasteiger partial charge in [-0.25, -0.2) is 0 Å². The summed E-state index contributed by atoms with van der Waals surface area (Å²) in [5.41, 5.74) is 5.01. The molecule has 0 aliphatic rings. The summed E-state index contributed by atoms with van der Waals surface area (Å²) in [6.45, 7) is 4.97. The number of hydrogen-bond acceptors (Lipinski definition) is 4. The van der Waals surface area contributed by atoms with Gasteiger partial charge in [0.15, 0.2) is 0 Å². The van der Waals surface area contributed by atoms with Crippen LogP contribution in [0.2, 0.25) is 0 Å². The highest BCUT2D eigenvalue weighted by Gasteiger charge is 2.28. The number of carbonyl (C=O) groups excluding carboxylic acids is 2. The van der Waals surface area contributed by atoms with E-state index in [0.29, 0.717) is 11.3 Å². The van der Waals surface area contributed by atoms with Crippen molar-refractivity contribution in [2.75, 3.05) is 6.61 Å². The van der Waals surface area contributed by atoms with Crippen molar-refractivity contribution in [3.05, 3.63) is 21.4 Å². The van der Waals surface area contributed by atoms with E-state index >= 15 is 0 Å². The Morgan fingerprint density at radius 3 is 2.70 bits per heavy atom. The van der Waals surface area contributed by atoms with Crippen LogP contribution in [0, 0.1) is 18.8 Å². The summed E-state index contributed by atoms with van der Waals surface area (Å²) in [4.78, 5) is 24.5. The molecule has 1 rings (SSSR count). The summed E-state index contributed by atoms with van der Waals surface area (Å²) in [6.07, 6.45) is 0.396. The Kier molecular flexibility index (Phi) is 5.31. The number of rotatable bonds is 4. The van der Waals surface area contributed by atoms with E-state index < -0.39 is 11.4 Å². The van der Waals surface area contributed by atoms with Crippen LogP contribution >= 0.6 is 11.3 Å². The standard InChI is InChI=1S/C14H18N2O3S/c1-9-8-11(20-10(9)6-4-5-7-17)12(18)16-14(2,3)13(15)19/h8,17H,5,7H2,1-3H3,(H2,15,19)(H,16,18). The number of nitrogens with two attached hydrogens (primary N) is 1. The minimum absolute atomic E-state index is 0.0115. The van der Waals surface area contributed by atoms with Gasteiger partial charge in [-0.15, -0.1) is 11.3 Å². The molecule has 5 nitrogen and oxygen atoms in total. The monoisotopic (exact) mass is 294 g/mol. The zero-order chi connectivity index (χ0) is 15.3. The van der Waals surface area contributed by atoms with Gasteiger partial charge >= 0.3 is 0 Å². The van der Waals surface area contributed by atoms with Crippen molar-refractivity contribution in [1.29, 1.82) is 0 Å². The molecule has 1 heterocycles. The lowest BCUT2D eigenvalue weighted by Crippen LogP contribution is -2.52. The Morgan fingerprint density at radius 1 is 1.50 bits per heavy atom. The summed E-state index contributed by atoms with van der Waals surface area (Å²) in [7, 11) is 0. The summed E-state index contributed by atoms with van der Waals surface area (Å²) in [5.74, 6) is 4.78. The van der Waals surface area contributed by atoms with Gasteiger partial charge in [-0.3, -0.25) is 9.59 Å². The quantitative estimate of drug-likeness (QED) is 0.717. The highest BCUT2D eigenvalue weighted by atomic mass is 32.1. The maximum Gasteiger partial charge on any atom is 0.262 e. The van der Waals surface area contributed by atoms with Gasteiger partial charge in [0, 0.05) is 6.42 Å². The third-order valence-corrected chi connectivity index (χ3v) is 3.77. The average molecular weight is 294 g/mol. The van der Waals surface area contributed by atoms with Crippen LogP contribution in [0.3, 0.4) is 0 Å². The Morgan fingerprint density at radius 2 is 2.15 bits per heavy atom. The van der Waals surface area contributed by atoms with Gasteiger partial charge in [0.1, 0.15) is 5.54 Å². The molecule has 108 valence electrons. The lowest BCUT2D eigenvalue weighted by Gasteiger charge is -2.21. The van der Waals surface area contributed by atoms with Gasteiger partial charge in [0.25, 0.3) is 5.91 Å². The lowest BCUT2D eigenvalue weighted by atomic mass is 10.1. The third kappa shape index (κ3) is 4.08. The molecule has 4 N–H and O–H groups in total. The maximum atomic E-state index is 12.1. The van der Waals surface area contributed by atoms with E-state index in [4.69, 9.17) is 10.8 Å². The smallest absolute Gasteiger partial charge is 0.262 e. The van der Waals surface area contributed by atoms with E-state index in [0.717, 1.165) is 10.4 Å². The zero-order valence-corrected chi connectivity index (χ0v) is 12.6. The molecule has 0 saturated carbocycles. The zero-order valence-electron chi connectivity index (χ0n) is 11.7. The molecule has 0 aliphatic carbocycles. The molecular formula is C14H18N2O3S. The summed E-state index contributed by atoms with van der Waals surface area (Å²) >= 11 is 1.25. The Bertz CT molecular complexity index is 579. The van der Waals surface area contributed by atoms with E-state index in [1.807, 2.05) is 6.92 Å². The highest BCUT2D eigenvalue weighted by Crippen LogP contribution is 2.21. The number of aliphatic hydroxyl groups excluding tert-OH is 1. The van der Waals surface area contributed by atoms with Crippen LogP contribution in [-0.4, -0.2) is 29.1 Å². The summed E-state index contributed by atoms with van der Waals surface area (Å²) < 4.78 is 0. The Balaban J connectivity index is 2.89. The van der Waals surface area contributed by atoms with Crippen LogP contribution in [0.5, 0.6) is 0 Å². The van der Waals surface area contributed by atoms with Crippen molar-refractivity contribution in [3.8, 4) is 11.8 Å². The normalized spacial score (nSPS) is 10.6. The van der Waals surface area contributed by atoms with Crippen LogP contribution in [0.4, 0.5) is 0 Å². The van der Waals surface area contributed by atoms with Gasteiger partial charge in [0.05, 0.1) is 16.4 Å². The fraction of sp³-hybridized carbons (Fsp3) is 0.429. The second-order valence-corrected chi connectivity index (χ2v) is 5.89. The van der Waals surface area contributed by atoms with Crippen LogP contribution in [0.1, 0.15) is 40.4 Å². The molecule has 0 unspecified atom stereocenters. The lowest BCUT2D eigenvalue weighted by molar-refractivity contribution is -0.122. The number of hydrogen-bond donors (Lipinski definition) is 3. The van der Waals surface area contributed by atoms with Crippen molar-refractivity contribution in [2.45, 2.75) is 32.7 Å². The second kappa shape index (κ2) is 6.55. The number of nitrogens with one attached hydrogen (secondary N) is 1. The first-order chi connectivity index (χ1) is 9.27. The van der Waals surface area contributed by atoms with Gasteiger partial charge in [0.2, 0.25) is 5.91 Å². The first-order valence-electron chi connectivity index (χ1n) is 6.10.